The summed E-state index contributed by atoms with van der Waals surface area (Å²) in [5.74, 6) is -0.00886. The third-order valence-corrected chi connectivity index (χ3v) is 4.17. The summed E-state index contributed by atoms with van der Waals surface area (Å²) >= 11 is 0. The second-order valence-corrected chi connectivity index (χ2v) is 5.81. The monoisotopic (exact) mass is 352 g/mol. The van der Waals surface area contributed by atoms with Crippen molar-refractivity contribution in [2.45, 2.75) is 12.5 Å². The van der Waals surface area contributed by atoms with Crippen LogP contribution in [0.1, 0.15) is 11.1 Å². The number of aromatic hydroxyl groups is 1. The number of hydrogen-bond donors (Lipinski definition) is 2. The molecule has 134 valence electrons. The van der Waals surface area contributed by atoms with E-state index in [2.05, 4.69) is 9.98 Å². The quantitative estimate of drug-likeness (QED) is 0.527. The molecule has 1 aromatic heterocycles. The minimum absolute atomic E-state index is 0.0490. The van der Waals surface area contributed by atoms with Gasteiger partial charge in [-0.25, -0.2) is 4.79 Å². The predicted molar refractivity (Wildman–Crippen MR) is 100 cm³/mol. The number of H-pyrrole nitrogens is 1. The standard InChI is InChI=1S/C20H20N2O4/c1-25-19-9-13(7-8-18(19)23)11-21-17(20(24)26-2)10-14-12-22-16-6-4-3-5-15(14)16/h3-9,11-12,17,22-23H,10H2,1-2H3/t17-/m1/s1. The molecule has 1 heterocycles. The lowest BCUT2D eigenvalue weighted by molar-refractivity contribution is -0.142. The Morgan fingerprint density at radius 2 is 2.08 bits per heavy atom. The molecule has 3 rings (SSSR count). The van der Waals surface area contributed by atoms with Crippen LogP contribution < -0.4 is 4.74 Å². The Bertz CT molecular complexity index is 946. The number of aromatic amines is 1. The van der Waals surface area contributed by atoms with Crippen molar-refractivity contribution in [2.24, 2.45) is 4.99 Å². The molecule has 0 fully saturated rings. The Labute approximate surface area is 151 Å². The minimum atomic E-state index is -0.668. The molecule has 0 unspecified atom stereocenters. The van der Waals surface area contributed by atoms with Crippen LogP contribution in [0.15, 0.2) is 53.7 Å². The highest BCUT2D eigenvalue weighted by molar-refractivity contribution is 5.87. The number of nitrogens with one attached hydrogen (secondary N) is 1. The van der Waals surface area contributed by atoms with E-state index in [1.165, 1.54) is 20.3 Å². The molecule has 1 atom stereocenters. The molecule has 0 saturated heterocycles. The zero-order chi connectivity index (χ0) is 18.5. The lowest BCUT2D eigenvalue weighted by Crippen LogP contribution is -2.23. The molecule has 3 aromatic rings. The number of aliphatic imine (C=N–C) groups is 1. The smallest absolute Gasteiger partial charge is 0.330 e. The zero-order valence-corrected chi connectivity index (χ0v) is 14.6. The second-order valence-electron chi connectivity index (χ2n) is 5.81. The zero-order valence-electron chi connectivity index (χ0n) is 14.6. The van der Waals surface area contributed by atoms with Crippen LogP contribution in [0.2, 0.25) is 0 Å². The molecule has 6 nitrogen and oxygen atoms in total. The van der Waals surface area contributed by atoms with E-state index >= 15 is 0 Å². The van der Waals surface area contributed by atoms with Gasteiger partial charge < -0.3 is 19.6 Å². The first-order chi connectivity index (χ1) is 12.6. The highest BCUT2D eigenvalue weighted by atomic mass is 16.5. The molecule has 0 spiro atoms. The largest absolute Gasteiger partial charge is 0.504 e. The van der Waals surface area contributed by atoms with Crippen molar-refractivity contribution in [2.75, 3.05) is 14.2 Å². The molecular formula is C20H20N2O4. The lowest BCUT2D eigenvalue weighted by Gasteiger charge is -2.10. The number of nitrogens with zero attached hydrogens (tertiary/aromatic N) is 1. The van der Waals surface area contributed by atoms with Gasteiger partial charge in [-0.15, -0.1) is 0 Å². The van der Waals surface area contributed by atoms with Gasteiger partial charge >= 0.3 is 5.97 Å². The normalized spacial score (nSPS) is 12.4. The van der Waals surface area contributed by atoms with Crippen molar-refractivity contribution < 1.29 is 19.4 Å². The summed E-state index contributed by atoms with van der Waals surface area (Å²) in [5.41, 5.74) is 2.72. The van der Waals surface area contributed by atoms with E-state index in [0.717, 1.165) is 16.5 Å². The summed E-state index contributed by atoms with van der Waals surface area (Å²) < 4.78 is 9.99. The molecule has 0 aliphatic heterocycles. The van der Waals surface area contributed by atoms with Gasteiger partial charge in [0.25, 0.3) is 0 Å². The number of phenols is 1. The number of fused-ring (bicyclic) bond motifs is 1. The molecule has 0 saturated carbocycles. The fraction of sp³-hybridized carbons (Fsp3) is 0.200. The first-order valence-corrected chi connectivity index (χ1v) is 8.15. The number of esters is 1. The predicted octanol–water partition coefficient (Wildman–Crippen LogP) is 3.09. The van der Waals surface area contributed by atoms with E-state index in [4.69, 9.17) is 9.47 Å². The minimum Gasteiger partial charge on any atom is -0.504 e. The molecule has 0 aliphatic carbocycles. The summed E-state index contributed by atoms with van der Waals surface area (Å²) in [7, 11) is 2.83. The molecule has 0 radical (unpaired) electrons. The number of benzene rings is 2. The van der Waals surface area contributed by atoms with Gasteiger partial charge in [0.05, 0.1) is 14.2 Å². The van der Waals surface area contributed by atoms with Crippen molar-refractivity contribution in [1.29, 1.82) is 0 Å². The number of methoxy groups -OCH3 is 2. The average molecular weight is 352 g/mol. The van der Waals surface area contributed by atoms with Gasteiger partial charge in [0.15, 0.2) is 17.5 Å². The summed E-state index contributed by atoms with van der Waals surface area (Å²) in [6, 6.07) is 12.1. The number of carbonyl (C=O) groups excluding carboxylic acids is 1. The molecule has 0 aliphatic rings. The van der Waals surface area contributed by atoms with Crippen LogP contribution in [0.3, 0.4) is 0 Å². The van der Waals surface area contributed by atoms with Crippen LogP contribution in [0, 0.1) is 0 Å². The fourth-order valence-electron chi connectivity index (χ4n) is 2.79. The van der Waals surface area contributed by atoms with Crippen molar-refractivity contribution in [3.8, 4) is 11.5 Å². The first-order valence-electron chi connectivity index (χ1n) is 8.15. The van der Waals surface area contributed by atoms with Crippen LogP contribution >= 0.6 is 0 Å². The van der Waals surface area contributed by atoms with Crippen LogP contribution in [0.25, 0.3) is 10.9 Å². The Morgan fingerprint density at radius 3 is 2.85 bits per heavy atom. The maximum absolute atomic E-state index is 12.2. The van der Waals surface area contributed by atoms with E-state index in [0.29, 0.717) is 17.7 Å². The molecule has 6 heteroatoms. The third kappa shape index (κ3) is 3.69. The van der Waals surface area contributed by atoms with E-state index in [1.807, 2.05) is 30.5 Å². The topological polar surface area (TPSA) is 83.9 Å². The average Bonchev–Trinajstić information content (AvgIpc) is 3.08. The molecule has 2 aromatic carbocycles. The lowest BCUT2D eigenvalue weighted by atomic mass is 10.1. The van der Waals surface area contributed by atoms with Crippen LogP contribution in [-0.4, -0.2) is 42.5 Å². The van der Waals surface area contributed by atoms with Crippen molar-refractivity contribution >= 4 is 23.1 Å². The van der Waals surface area contributed by atoms with E-state index in [1.54, 1.807) is 18.3 Å². The summed E-state index contributed by atoms with van der Waals surface area (Å²) in [6.45, 7) is 0. The van der Waals surface area contributed by atoms with Gasteiger partial charge in [-0.1, -0.05) is 18.2 Å². The molecule has 0 amide bonds. The number of para-hydroxylation sites is 1. The SMILES string of the molecule is COC(=O)[C@@H](Cc1c[nH]c2ccccc12)N=Cc1ccc(O)c(OC)c1. The fourth-order valence-corrected chi connectivity index (χ4v) is 2.79. The second kappa shape index (κ2) is 7.74. The van der Waals surface area contributed by atoms with Gasteiger partial charge in [0.1, 0.15) is 0 Å². The number of ether oxygens (including phenoxy) is 2. The van der Waals surface area contributed by atoms with Crippen molar-refractivity contribution in [1.82, 2.24) is 4.98 Å². The van der Waals surface area contributed by atoms with Crippen LogP contribution in [-0.2, 0) is 16.0 Å². The van der Waals surface area contributed by atoms with E-state index in [-0.39, 0.29) is 5.75 Å². The number of phenolic OH excluding ortho intramolecular Hbond substituents is 1. The highest BCUT2D eigenvalue weighted by Gasteiger charge is 2.20. The molecule has 26 heavy (non-hydrogen) atoms. The van der Waals surface area contributed by atoms with E-state index in [9.17, 15) is 9.90 Å². The van der Waals surface area contributed by atoms with Gasteiger partial charge in [-0.05, 0) is 35.4 Å². The van der Waals surface area contributed by atoms with Gasteiger partial charge in [0, 0.05) is 29.7 Å². The van der Waals surface area contributed by atoms with Crippen molar-refractivity contribution in [3.63, 3.8) is 0 Å². The Hall–Kier alpha value is -3.28. The van der Waals surface area contributed by atoms with Gasteiger partial charge in [0.2, 0.25) is 0 Å². The number of hydrogen-bond acceptors (Lipinski definition) is 5. The van der Waals surface area contributed by atoms with Crippen LogP contribution in [0.5, 0.6) is 11.5 Å². The Morgan fingerprint density at radius 1 is 1.27 bits per heavy atom. The first kappa shape index (κ1) is 17.5. The maximum Gasteiger partial charge on any atom is 0.330 e. The van der Waals surface area contributed by atoms with E-state index < -0.39 is 12.0 Å². The number of aromatic nitrogens is 1. The third-order valence-electron chi connectivity index (χ3n) is 4.17. The molecule has 0 bridgehead atoms. The number of carbonyl (C=O) groups is 1. The summed E-state index contributed by atoms with van der Waals surface area (Å²) in [4.78, 5) is 19.8. The van der Waals surface area contributed by atoms with Crippen LogP contribution in [0.4, 0.5) is 0 Å². The number of rotatable bonds is 6. The maximum atomic E-state index is 12.2. The van der Waals surface area contributed by atoms with Crippen molar-refractivity contribution in [3.05, 3.63) is 59.8 Å². The summed E-state index contributed by atoms with van der Waals surface area (Å²) in [5, 5.41) is 10.7. The van der Waals surface area contributed by atoms with Gasteiger partial charge in [-0.3, -0.25) is 4.99 Å². The highest BCUT2D eigenvalue weighted by Crippen LogP contribution is 2.26. The van der Waals surface area contributed by atoms with Gasteiger partial charge in [-0.2, -0.15) is 0 Å². The Balaban J connectivity index is 1.85. The summed E-state index contributed by atoms with van der Waals surface area (Å²) in [6.07, 6.45) is 3.89. The molecule has 2 N–H and O–H groups in total. The molecular weight excluding hydrogens is 332 g/mol. The Kier molecular flexibility index (Phi) is 5.22.